The third-order valence-corrected chi connectivity index (χ3v) is 6.15. The van der Waals surface area contributed by atoms with Crippen LogP contribution in [-0.4, -0.2) is 37.9 Å². The van der Waals surface area contributed by atoms with Gasteiger partial charge < -0.3 is 20.3 Å². The first-order chi connectivity index (χ1) is 15.0. The lowest BCUT2D eigenvalue weighted by Crippen LogP contribution is -2.44. The van der Waals surface area contributed by atoms with Crippen LogP contribution in [0.15, 0.2) is 65.8 Å². The maximum atomic E-state index is 13.4. The van der Waals surface area contributed by atoms with Crippen molar-refractivity contribution in [2.24, 2.45) is 0 Å². The molecule has 0 saturated carbocycles. The van der Waals surface area contributed by atoms with Crippen molar-refractivity contribution in [2.75, 3.05) is 24.3 Å². The van der Waals surface area contributed by atoms with Crippen molar-refractivity contribution in [3.63, 3.8) is 0 Å². The van der Waals surface area contributed by atoms with Gasteiger partial charge in [0, 0.05) is 41.8 Å². The maximum Gasteiger partial charge on any atom is 0.235 e. The van der Waals surface area contributed by atoms with Crippen LogP contribution in [0.5, 0.6) is 0 Å². The second-order valence-electron chi connectivity index (χ2n) is 7.32. The second kappa shape index (κ2) is 8.93. The van der Waals surface area contributed by atoms with Gasteiger partial charge in [-0.05, 0) is 53.2 Å². The Bertz CT molecular complexity index is 1100. The first kappa shape index (κ1) is 21.1. The summed E-state index contributed by atoms with van der Waals surface area (Å²) in [6.45, 7) is 0.928. The highest BCUT2D eigenvalue weighted by Crippen LogP contribution is 2.37. The fraction of sp³-hybridized carbons (Fsp3) is 0.227. The highest BCUT2D eigenvalue weighted by atomic mass is 32.2. The standard InChI is InChI=1S/C22H22N4O4S/c23-21-24-13-16(14-25-21)15-4-6-17(7-5-15)22(8-10-30-11-9-22)20(27)26-18-2-1-3-19(12-18)31(28)29/h1-7,12-14H,8-11H2,(H,26,27)(H,28,29)(H2,23,24,25)/p-1. The van der Waals surface area contributed by atoms with E-state index < -0.39 is 16.5 Å². The minimum Gasteiger partial charge on any atom is -0.768 e. The molecular formula is C22H21N4O4S-. The maximum absolute atomic E-state index is 13.4. The van der Waals surface area contributed by atoms with E-state index in [1.807, 2.05) is 24.3 Å². The van der Waals surface area contributed by atoms with Gasteiger partial charge in [-0.2, -0.15) is 0 Å². The molecule has 1 saturated heterocycles. The molecule has 2 aromatic carbocycles. The van der Waals surface area contributed by atoms with Crippen LogP contribution >= 0.6 is 0 Å². The average Bonchev–Trinajstić information content (AvgIpc) is 2.80. The summed E-state index contributed by atoms with van der Waals surface area (Å²) in [6.07, 6.45) is 4.36. The Morgan fingerprint density at radius 3 is 2.39 bits per heavy atom. The molecule has 1 unspecified atom stereocenters. The number of ether oxygens (including phenoxy) is 1. The lowest BCUT2D eigenvalue weighted by Gasteiger charge is -2.36. The first-order valence-corrected chi connectivity index (χ1v) is 10.8. The van der Waals surface area contributed by atoms with Crippen molar-refractivity contribution in [1.82, 2.24) is 9.97 Å². The van der Waals surface area contributed by atoms with Crippen LogP contribution in [0.4, 0.5) is 11.6 Å². The van der Waals surface area contributed by atoms with Gasteiger partial charge in [-0.15, -0.1) is 0 Å². The predicted molar refractivity (Wildman–Crippen MR) is 116 cm³/mol. The number of benzene rings is 2. The SMILES string of the molecule is Nc1ncc(-c2ccc(C3(C(=O)Nc4cccc(S(=O)[O-])c4)CCOCC3)cc2)cn1. The van der Waals surface area contributed by atoms with Crippen molar-refractivity contribution >= 4 is 28.6 Å². The van der Waals surface area contributed by atoms with Crippen LogP contribution in [0.25, 0.3) is 11.1 Å². The summed E-state index contributed by atoms with van der Waals surface area (Å²) >= 11 is -2.37. The Hall–Kier alpha value is -3.14. The molecule has 0 radical (unpaired) electrons. The van der Waals surface area contributed by atoms with E-state index >= 15 is 0 Å². The van der Waals surface area contributed by atoms with E-state index in [1.54, 1.807) is 24.5 Å². The number of nitrogens with two attached hydrogens (primary N) is 1. The number of amides is 1. The highest BCUT2D eigenvalue weighted by molar-refractivity contribution is 7.79. The summed E-state index contributed by atoms with van der Waals surface area (Å²) in [5.74, 6) is 0.0243. The minimum absolute atomic E-state index is 0.119. The van der Waals surface area contributed by atoms with E-state index in [2.05, 4.69) is 15.3 Å². The topological polar surface area (TPSA) is 130 Å². The zero-order valence-electron chi connectivity index (χ0n) is 16.6. The van der Waals surface area contributed by atoms with Crippen LogP contribution in [0.3, 0.4) is 0 Å². The van der Waals surface area contributed by atoms with E-state index in [4.69, 9.17) is 10.5 Å². The summed E-state index contributed by atoms with van der Waals surface area (Å²) in [4.78, 5) is 21.6. The molecule has 1 atom stereocenters. The van der Waals surface area contributed by atoms with Crippen LogP contribution in [0.2, 0.25) is 0 Å². The molecule has 4 rings (SSSR count). The normalized spacial score (nSPS) is 16.4. The first-order valence-electron chi connectivity index (χ1n) is 9.75. The summed E-state index contributed by atoms with van der Waals surface area (Å²) in [6, 6.07) is 13.9. The number of rotatable bonds is 5. The third kappa shape index (κ3) is 4.48. The van der Waals surface area contributed by atoms with E-state index in [0.29, 0.717) is 31.7 Å². The second-order valence-corrected chi connectivity index (χ2v) is 8.26. The Morgan fingerprint density at radius 1 is 1.06 bits per heavy atom. The fourth-order valence-electron chi connectivity index (χ4n) is 3.76. The molecular weight excluding hydrogens is 416 g/mol. The largest absolute Gasteiger partial charge is 0.768 e. The number of hydrogen-bond acceptors (Lipinski definition) is 7. The van der Waals surface area contributed by atoms with Gasteiger partial charge in [-0.1, -0.05) is 30.3 Å². The molecule has 31 heavy (non-hydrogen) atoms. The molecule has 9 heteroatoms. The number of nitrogens with zero attached hydrogens (tertiary/aromatic N) is 2. The van der Waals surface area contributed by atoms with Crippen molar-refractivity contribution < 1.29 is 18.3 Å². The molecule has 160 valence electrons. The number of carbonyl (C=O) groups is 1. The Balaban J connectivity index is 1.63. The van der Waals surface area contributed by atoms with Gasteiger partial charge in [-0.25, -0.2) is 9.97 Å². The van der Waals surface area contributed by atoms with Gasteiger partial charge in [0.25, 0.3) is 0 Å². The molecule has 8 nitrogen and oxygen atoms in total. The lowest BCUT2D eigenvalue weighted by molar-refractivity contribution is -0.125. The fourth-order valence-corrected chi connectivity index (χ4v) is 4.18. The molecule has 1 fully saturated rings. The van der Waals surface area contributed by atoms with E-state index in [-0.39, 0.29) is 16.8 Å². The average molecular weight is 438 g/mol. The van der Waals surface area contributed by atoms with E-state index in [9.17, 15) is 13.6 Å². The monoisotopic (exact) mass is 437 g/mol. The van der Waals surface area contributed by atoms with Crippen molar-refractivity contribution in [1.29, 1.82) is 0 Å². The number of carbonyl (C=O) groups excluding carboxylic acids is 1. The number of anilines is 2. The van der Waals surface area contributed by atoms with Crippen molar-refractivity contribution in [3.8, 4) is 11.1 Å². The van der Waals surface area contributed by atoms with Crippen molar-refractivity contribution in [3.05, 3.63) is 66.5 Å². The number of nitrogens with one attached hydrogen (secondary N) is 1. The van der Waals surface area contributed by atoms with Gasteiger partial charge in [0.15, 0.2) is 0 Å². The Kier molecular flexibility index (Phi) is 6.08. The summed E-state index contributed by atoms with van der Waals surface area (Å²) in [7, 11) is 0. The smallest absolute Gasteiger partial charge is 0.235 e. The molecule has 1 aromatic heterocycles. The van der Waals surface area contributed by atoms with Crippen LogP contribution < -0.4 is 11.1 Å². The van der Waals surface area contributed by atoms with E-state index in [0.717, 1.165) is 16.7 Å². The Morgan fingerprint density at radius 2 is 1.74 bits per heavy atom. The number of hydrogen-bond donors (Lipinski definition) is 2. The summed E-state index contributed by atoms with van der Waals surface area (Å²) < 4.78 is 28.0. The van der Waals surface area contributed by atoms with E-state index in [1.165, 1.54) is 12.1 Å². The zero-order valence-corrected chi connectivity index (χ0v) is 17.4. The quantitative estimate of drug-likeness (QED) is 0.587. The van der Waals surface area contributed by atoms with Crippen LogP contribution in [0, 0.1) is 0 Å². The number of nitrogen functional groups attached to an aromatic ring is 1. The molecule has 3 N–H and O–H groups in total. The lowest BCUT2D eigenvalue weighted by atomic mass is 9.73. The van der Waals surface area contributed by atoms with Gasteiger partial charge >= 0.3 is 0 Å². The van der Waals surface area contributed by atoms with Crippen molar-refractivity contribution in [2.45, 2.75) is 23.2 Å². The third-order valence-electron chi connectivity index (χ3n) is 5.51. The molecule has 0 bridgehead atoms. The Labute approximate surface area is 182 Å². The molecule has 1 aliphatic rings. The van der Waals surface area contributed by atoms with Gasteiger partial charge in [0.05, 0.1) is 5.41 Å². The molecule has 1 amide bonds. The predicted octanol–water partition coefficient (Wildman–Crippen LogP) is 2.65. The van der Waals surface area contributed by atoms with Crippen LogP contribution in [0.1, 0.15) is 18.4 Å². The van der Waals surface area contributed by atoms with Gasteiger partial charge in [0.2, 0.25) is 11.9 Å². The summed E-state index contributed by atoms with van der Waals surface area (Å²) in [5, 5.41) is 2.90. The highest BCUT2D eigenvalue weighted by Gasteiger charge is 2.41. The molecule has 1 aliphatic heterocycles. The molecule has 0 aliphatic carbocycles. The molecule has 3 aromatic rings. The van der Waals surface area contributed by atoms with Crippen LogP contribution in [-0.2, 0) is 26.0 Å². The summed E-state index contributed by atoms with van der Waals surface area (Å²) in [5.41, 5.74) is 7.83. The van der Waals surface area contributed by atoms with Gasteiger partial charge in [-0.3, -0.25) is 9.00 Å². The number of aromatic nitrogens is 2. The minimum atomic E-state index is -2.37. The van der Waals surface area contributed by atoms with Gasteiger partial charge in [0.1, 0.15) is 0 Å². The molecule has 0 spiro atoms. The zero-order chi connectivity index (χ0) is 21.8. The molecule has 2 heterocycles.